The molecule has 0 bridgehead atoms. The zero-order valence-electron chi connectivity index (χ0n) is 7.99. The van der Waals surface area contributed by atoms with Gasteiger partial charge in [0.25, 0.3) is 6.01 Å². The number of rotatable bonds is 4. The van der Waals surface area contributed by atoms with Gasteiger partial charge in [0.15, 0.2) is 0 Å². The number of hydrogen-bond acceptors (Lipinski definition) is 4. The maximum atomic E-state index is 5.16. The minimum absolute atomic E-state index is 0.610. The second-order valence-corrected chi connectivity index (χ2v) is 4.08. The van der Waals surface area contributed by atoms with Crippen molar-refractivity contribution in [1.82, 2.24) is 4.98 Å². The zero-order valence-corrected chi connectivity index (χ0v) is 8.80. The Kier molecular flexibility index (Phi) is 2.84. The highest BCUT2D eigenvalue weighted by Crippen LogP contribution is 2.10. The fraction of sp³-hybridized carbons (Fsp3) is 0.300. The van der Waals surface area contributed by atoms with E-state index in [1.807, 2.05) is 6.92 Å². The third kappa shape index (κ3) is 2.35. The van der Waals surface area contributed by atoms with Gasteiger partial charge >= 0.3 is 0 Å². The molecule has 1 N–H and O–H groups in total. The second kappa shape index (κ2) is 4.28. The Morgan fingerprint density at radius 3 is 3.14 bits per heavy atom. The van der Waals surface area contributed by atoms with Crippen LogP contribution in [-0.2, 0) is 6.42 Å². The molecule has 2 aromatic rings. The number of nitrogens with one attached hydrogen (secondary N) is 1. The molecule has 0 fully saturated rings. The number of nitrogens with zero attached hydrogens (tertiary/aromatic N) is 1. The summed E-state index contributed by atoms with van der Waals surface area (Å²) < 4.78 is 5.16. The Labute approximate surface area is 86.8 Å². The molecule has 0 aliphatic carbocycles. The normalized spacial score (nSPS) is 10.4. The summed E-state index contributed by atoms with van der Waals surface area (Å²) in [5.41, 5.74) is 0.906. The van der Waals surface area contributed by atoms with Crippen LogP contribution in [0, 0.1) is 6.92 Å². The van der Waals surface area contributed by atoms with Crippen molar-refractivity contribution in [3.8, 4) is 0 Å². The van der Waals surface area contributed by atoms with E-state index in [1.54, 1.807) is 17.6 Å². The van der Waals surface area contributed by atoms with Gasteiger partial charge in [0.05, 0.1) is 5.69 Å². The van der Waals surface area contributed by atoms with E-state index in [0.717, 1.165) is 18.7 Å². The highest BCUT2D eigenvalue weighted by atomic mass is 32.1. The molecule has 0 amide bonds. The van der Waals surface area contributed by atoms with E-state index in [9.17, 15) is 0 Å². The summed E-state index contributed by atoms with van der Waals surface area (Å²) in [5.74, 6) is 0. The van der Waals surface area contributed by atoms with Crippen LogP contribution in [0.5, 0.6) is 0 Å². The fourth-order valence-electron chi connectivity index (χ4n) is 1.18. The topological polar surface area (TPSA) is 38.1 Å². The van der Waals surface area contributed by atoms with E-state index in [1.165, 1.54) is 4.88 Å². The van der Waals surface area contributed by atoms with Crippen molar-refractivity contribution in [3.05, 3.63) is 34.3 Å². The van der Waals surface area contributed by atoms with Gasteiger partial charge in [0, 0.05) is 11.4 Å². The Hall–Kier alpha value is -1.29. The minimum Gasteiger partial charge on any atom is -0.432 e. The van der Waals surface area contributed by atoms with E-state index in [0.29, 0.717) is 6.01 Å². The molecule has 0 saturated heterocycles. The van der Waals surface area contributed by atoms with Gasteiger partial charge in [-0.3, -0.25) is 0 Å². The number of aromatic nitrogens is 1. The van der Waals surface area contributed by atoms with Gasteiger partial charge in [0.2, 0.25) is 0 Å². The molecule has 2 aromatic heterocycles. The maximum Gasteiger partial charge on any atom is 0.294 e. The Balaban J connectivity index is 1.78. The van der Waals surface area contributed by atoms with Gasteiger partial charge in [0.1, 0.15) is 6.26 Å². The lowest BCUT2D eigenvalue weighted by molar-refractivity contribution is 0.570. The molecule has 2 heterocycles. The van der Waals surface area contributed by atoms with Crippen LogP contribution in [-0.4, -0.2) is 11.5 Å². The second-order valence-electron chi connectivity index (χ2n) is 3.05. The van der Waals surface area contributed by atoms with Crippen LogP contribution in [0.15, 0.2) is 28.2 Å². The largest absolute Gasteiger partial charge is 0.432 e. The van der Waals surface area contributed by atoms with E-state index in [-0.39, 0.29) is 0 Å². The van der Waals surface area contributed by atoms with Crippen LogP contribution in [0.2, 0.25) is 0 Å². The highest BCUT2D eigenvalue weighted by molar-refractivity contribution is 7.09. The summed E-state index contributed by atoms with van der Waals surface area (Å²) in [4.78, 5) is 5.53. The van der Waals surface area contributed by atoms with Crippen molar-refractivity contribution in [3.63, 3.8) is 0 Å². The summed E-state index contributed by atoms with van der Waals surface area (Å²) >= 11 is 1.77. The quantitative estimate of drug-likeness (QED) is 0.839. The molecule has 0 atom stereocenters. The van der Waals surface area contributed by atoms with Gasteiger partial charge < -0.3 is 9.73 Å². The predicted molar refractivity (Wildman–Crippen MR) is 57.8 cm³/mol. The van der Waals surface area contributed by atoms with Crippen LogP contribution in [0.25, 0.3) is 0 Å². The molecule has 0 unspecified atom stereocenters. The third-order valence-electron chi connectivity index (χ3n) is 1.85. The summed E-state index contributed by atoms with van der Waals surface area (Å²) in [7, 11) is 0. The SMILES string of the molecule is Cc1coc(NCCc2cccs2)n1. The van der Waals surface area contributed by atoms with Crippen LogP contribution in [0.4, 0.5) is 6.01 Å². The number of thiophene rings is 1. The smallest absolute Gasteiger partial charge is 0.294 e. The number of oxazole rings is 1. The van der Waals surface area contributed by atoms with Crippen molar-refractivity contribution in [2.75, 3.05) is 11.9 Å². The van der Waals surface area contributed by atoms with Crippen LogP contribution < -0.4 is 5.32 Å². The predicted octanol–water partition coefficient (Wildman–Crippen LogP) is 2.70. The van der Waals surface area contributed by atoms with Crippen LogP contribution >= 0.6 is 11.3 Å². The Morgan fingerprint density at radius 1 is 1.57 bits per heavy atom. The van der Waals surface area contributed by atoms with Crippen molar-refractivity contribution < 1.29 is 4.42 Å². The van der Waals surface area contributed by atoms with E-state index < -0.39 is 0 Å². The van der Waals surface area contributed by atoms with Gasteiger partial charge in [-0.2, -0.15) is 4.98 Å². The zero-order chi connectivity index (χ0) is 9.80. The molecule has 74 valence electrons. The Morgan fingerprint density at radius 2 is 2.50 bits per heavy atom. The first-order chi connectivity index (χ1) is 6.84. The lowest BCUT2D eigenvalue weighted by Gasteiger charge is -1.98. The van der Waals surface area contributed by atoms with Crippen molar-refractivity contribution in [2.24, 2.45) is 0 Å². The molecule has 0 radical (unpaired) electrons. The molecule has 3 nitrogen and oxygen atoms in total. The molecular weight excluding hydrogens is 196 g/mol. The third-order valence-corrected chi connectivity index (χ3v) is 2.78. The molecule has 4 heteroatoms. The highest BCUT2D eigenvalue weighted by Gasteiger charge is 1.99. The van der Waals surface area contributed by atoms with Gasteiger partial charge in [-0.25, -0.2) is 0 Å². The van der Waals surface area contributed by atoms with Gasteiger partial charge in [-0.1, -0.05) is 6.07 Å². The first-order valence-electron chi connectivity index (χ1n) is 4.53. The Bertz CT molecular complexity index is 380. The van der Waals surface area contributed by atoms with Gasteiger partial charge in [-0.05, 0) is 24.8 Å². The minimum atomic E-state index is 0.610. The molecule has 14 heavy (non-hydrogen) atoms. The number of anilines is 1. The summed E-state index contributed by atoms with van der Waals surface area (Å²) in [6.45, 7) is 2.77. The average molecular weight is 208 g/mol. The molecule has 0 saturated carbocycles. The maximum absolute atomic E-state index is 5.16. The fourth-order valence-corrected chi connectivity index (χ4v) is 1.89. The first-order valence-corrected chi connectivity index (χ1v) is 5.41. The van der Waals surface area contributed by atoms with Crippen molar-refractivity contribution in [1.29, 1.82) is 0 Å². The lowest BCUT2D eigenvalue weighted by Crippen LogP contribution is -2.03. The van der Waals surface area contributed by atoms with E-state index in [4.69, 9.17) is 4.42 Å². The summed E-state index contributed by atoms with van der Waals surface area (Å²) in [6, 6.07) is 4.81. The summed E-state index contributed by atoms with van der Waals surface area (Å²) in [5, 5.41) is 5.22. The lowest BCUT2D eigenvalue weighted by atomic mass is 10.3. The molecule has 0 spiro atoms. The monoisotopic (exact) mass is 208 g/mol. The van der Waals surface area contributed by atoms with E-state index in [2.05, 4.69) is 27.8 Å². The standard InChI is InChI=1S/C10H12N2OS/c1-8-7-13-10(12-8)11-5-4-9-3-2-6-14-9/h2-3,6-7H,4-5H2,1H3,(H,11,12). The summed E-state index contributed by atoms with van der Waals surface area (Å²) in [6.07, 6.45) is 2.66. The van der Waals surface area contributed by atoms with Gasteiger partial charge in [-0.15, -0.1) is 11.3 Å². The van der Waals surface area contributed by atoms with Crippen molar-refractivity contribution in [2.45, 2.75) is 13.3 Å². The van der Waals surface area contributed by atoms with E-state index >= 15 is 0 Å². The van der Waals surface area contributed by atoms with Crippen molar-refractivity contribution >= 4 is 17.4 Å². The van der Waals surface area contributed by atoms with Crippen LogP contribution in [0.1, 0.15) is 10.6 Å². The molecule has 0 aliphatic heterocycles. The first kappa shape index (κ1) is 9.27. The molecule has 0 aromatic carbocycles. The van der Waals surface area contributed by atoms with Crippen LogP contribution in [0.3, 0.4) is 0 Å². The molecule has 0 aliphatic rings. The number of hydrogen-bond donors (Lipinski definition) is 1. The average Bonchev–Trinajstić information content (AvgIpc) is 2.77. The molecule has 2 rings (SSSR count). The number of aryl methyl sites for hydroxylation is 1. The molecular formula is C10H12N2OS.